The molecule has 2 atom stereocenters. The van der Waals surface area contributed by atoms with Gasteiger partial charge >= 0.3 is 0 Å². The van der Waals surface area contributed by atoms with E-state index in [2.05, 4.69) is 54.0 Å². The van der Waals surface area contributed by atoms with Crippen molar-refractivity contribution in [2.75, 3.05) is 18.4 Å². The van der Waals surface area contributed by atoms with Gasteiger partial charge in [0.05, 0.1) is 10.5 Å². The van der Waals surface area contributed by atoms with Crippen molar-refractivity contribution in [3.05, 3.63) is 81.7 Å². The Kier molecular flexibility index (Phi) is 8.60. The average molecular weight is 664 g/mol. The minimum Gasteiger partial charge on any atom is -0.313 e. The van der Waals surface area contributed by atoms with Gasteiger partial charge in [0.1, 0.15) is 5.00 Å². The standard InChI is InChI=1S/C34H41N5O5S2/c1-22(40)36-37-31(42)29-27-14-15-38(18-23-8-6-5-7-9-23)19-28(27)45-32(29)35-30(41)24-10-12-26(13-11-24)46(43,44)39-21-34(4)17-25(39)16-33(2,3)20-34/h5-13,25H,14-21H2,1-4H3,(H,35,41)(H,36,40)(H,37,42). The quantitative estimate of drug-likeness (QED) is 0.308. The highest BCUT2D eigenvalue weighted by molar-refractivity contribution is 7.89. The van der Waals surface area contributed by atoms with Crippen molar-refractivity contribution in [2.45, 2.75) is 77.4 Å². The van der Waals surface area contributed by atoms with Crippen LogP contribution in [0.3, 0.4) is 0 Å². The predicted molar refractivity (Wildman–Crippen MR) is 178 cm³/mol. The largest absolute Gasteiger partial charge is 0.313 e. The maximum atomic E-state index is 13.7. The van der Waals surface area contributed by atoms with E-state index in [-0.39, 0.29) is 27.3 Å². The highest BCUT2D eigenvalue weighted by Gasteiger charge is 2.53. The fraction of sp³-hybridized carbons (Fsp3) is 0.441. The molecule has 3 N–H and O–H groups in total. The molecule has 0 spiro atoms. The smallest absolute Gasteiger partial charge is 0.272 e. The molecule has 2 unspecified atom stereocenters. The van der Waals surface area contributed by atoms with Gasteiger partial charge in [-0.05, 0) is 71.9 Å². The molecule has 1 saturated carbocycles. The molecule has 0 radical (unpaired) electrons. The number of carbonyl (C=O) groups is 3. The summed E-state index contributed by atoms with van der Waals surface area (Å²) < 4.78 is 29.1. The van der Waals surface area contributed by atoms with Crippen LogP contribution in [0.25, 0.3) is 0 Å². The summed E-state index contributed by atoms with van der Waals surface area (Å²) in [6.45, 7) is 10.5. The number of hydrazine groups is 1. The lowest BCUT2D eigenvalue weighted by Gasteiger charge is -2.39. The van der Waals surface area contributed by atoms with E-state index in [0.717, 1.165) is 42.8 Å². The van der Waals surface area contributed by atoms with E-state index in [1.807, 2.05) is 18.2 Å². The number of nitrogens with zero attached hydrogens (tertiary/aromatic N) is 2. The van der Waals surface area contributed by atoms with Gasteiger partial charge in [0, 0.05) is 49.6 Å². The summed E-state index contributed by atoms with van der Waals surface area (Å²) in [7, 11) is -3.73. The lowest BCUT2D eigenvalue weighted by molar-refractivity contribution is -0.119. The lowest BCUT2D eigenvalue weighted by atomic mass is 9.65. The molecule has 3 aliphatic rings. The molecule has 2 aromatic carbocycles. The molecule has 3 heterocycles. The number of anilines is 1. The number of rotatable bonds is 7. The Morgan fingerprint density at radius 2 is 1.67 bits per heavy atom. The van der Waals surface area contributed by atoms with E-state index < -0.39 is 27.7 Å². The molecule has 3 aromatic rings. The second-order valence-electron chi connectivity index (χ2n) is 14.0. The van der Waals surface area contributed by atoms with Crippen molar-refractivity contribution in [3.8, 4) is 0 Å². The second kappa shape index (κ2) is 12.2. The highest BCUT2D eigenvalue weighted by Crippen LogP contribution is 2.53. The van der Waals surface area contributed by atoms with Gasteiger partial charge in [-0.2, -0.15) is 4.31 Å². The summed E-state index contributed by atoms with van der Waals surface area (Å²) in [5.41, 5.74) is 7.48. The summed E-state index contributed by atoms with van der Waals surface area (Å²) in [5.74, 6) is -1.38. The van der Waals surface area contributed by atoms with Gasteiger partial charge in [0.25, 0.3) is 11.8 Å². The van der Waals surface area contributed by atoms with Gasteiger partial charge in [0.15, 0.2) is 0 Å². The van der Waals surface area contributed by atoms with Crippen LogP contribution in [0.5, 0.6) is 0 Å². The molecule has 3 amide bonds. The summed E-state index contributed by atoms with van der Waals surface area (Å²) in [6.07, 6.45) is 3.29. The molecule has 12 heteroatoms. The van der Waals surface area contributed by atoms with E-state index in [1.165, 1.54) is 48.1 Å². The summed E-state index contributed by atoms with van der Waals surface area (Å²) >= 11 is 1.34. The minimum absolute atomic E-state index is 0.0303. The van der Waals surface area contributed by atoms with Gasteiger partial charge in [-0.15, -0.1) is 11.3 Å². The topological polar surface area (TPSA) is 128 Å². The number of sulfonamides is 1. The maximum absolute atomic E-state index is 13.7. The summed E-state index contributed by atoms with van der Waals surface area (Å²) in [4.78, 5) is 41.7. The van der Waals surface area contributed by atoms with Crippen LogP contribution in [0.1, 0.15) is 83.7 Å². The van der Waals surface area contributed by atoms with Crippen molar-refractivity contribution in [1.29, 1.82) is 0 Å². The SMILES string of the molecule is CC(=O)NNC(=O)c1c(NC(=O)c2ccc(S(=O)(=O)N3CC4(C)CC3CC(C)(C)C4)cc2)sc2c1CCN(Cc1ccccc1)C2. The Morgan fingerprint density at radius 1 is 0.957 bits per heavy atom. The number of thiophene rings is 1. The molecule has 1 aromatic heterocycles. The number of amides is 3. The first-order chi connectivity index (χ1) is 21.7. The van der Waals surface area contributed by atoms with Crippen molar-refractivity contribution in [1.82, 2.24) is 20.1 Å². The van der Waals surface area contributed by atoms with E-state index in [1.54, 1.807) is 4.31 Å². The number of carbonyl (C=O) groups excluding carboxylic acids is 3. The summed E-state index contributed by atoms with van der Waals surface area (Å²) in [5, 5.41) is 3.29. The molecule has 2 bridgehead atoms. The van der Waals surface area contributed by atoms with Crippen LogP contribution in [-0.4, -0.2) is 54.5 Å². The van der Waals surface area contributed by atoms with Gasteiger partial charge in [-0.3, -0.25) is 30.1 Å². The van der Waals surface area contributed by atoms with Gasteiger partial charge in [-0.1, -0.05) is 51.1 Å². The Balaban J connectivity index is 1.21. The zero-order chi connectivity index (χ0) is 32.9. The number of hydrogen-bond donors (Lipinski definition) is 3. The van der Waals surface area contributed by atoms with Crippen molar-refractivity contribution in [2.24, 2.45) is 10.8 Å². The zero-order valence-corrected chi connectivity index (χ0v) is 28.3. The third-order valence-corrected chi connectivity index (χ3v) is 12.3. The predicted octanol–water partition coefficient (Wildman–Crippen LogP) is 4.93. The molecular formula is C34H41N5O5S2. The minimum atomic E-state index is -3.73. The Bertz CT molecular complexity index is 1770. The Labute approximate surface area is 274 Å². The van der Waals surface area contributed by atoms with Crippen molar-refractivity contribution >= 4 is 44.1 Å². The van der Waals surface area contributed by atoms with Gasteiger partial charge in [0.2, 0.25) is 15.9 Å². The maximum Gasteiger partial charge on any atom is 0.272 e. The Morgan fingerprint density at radius 3 is 2.37 bits per heavy atom. The van der Waals surface area contributed by atoms with Crippen LogP contribution < -0.4 is 16.2 Å². The zero-order valence-electron chi connectivity index (χ0n) is 26.7. The molecule has 10 nitrogen and oxygen atoms in total. The van der Waals surface area contributed by atoms with E-state index >= 15 is 0 Å². The van der Waals surface area contributed by atoms with Crippen molar-refractivity contribution in [3.63, 3.8) is 0 Å². The fourth-order valence-corrected chi connectivity index (χ4v) is 10.8. The third-order valence-electron chi connectivity index (χ3n) is 9.28. The van der Waals surface area contributed by atoms with E-state index in [4.69, 9.17) is 0 Å². The molecule has 6 rings (SSSR count). The van der Waals surface area contributed by atoms with Crippen LogP contribution in [0.2, 0.25) is 0 Å². The van der Waals surface area contributed by atoms with E-state index in [0.29, 0.717) is 30.1 Å². The van der Waals surface area contributed by atoms with Crippen LogP contribution in [0, 0.1) is 10.8 Å². The molecule has 2 aliphatic heterocycles. The first-order valence-corrected chi connectivity index (χ1v) is 17.9. The molecule has 46 heavy (non-hydrogen) atoms. The monoisotopic (exact) mass is 663 g/mol. The van der Waals surface area contributed by atoms with E-state index in [9.17, 15) is 22.8 Å². The molecule has 2 fully saturated rings. The van der Waals surface area contributed by atoms with Crippen LogP contribution >= 0.6 is 11.3 Å². The first-order valence-electron chi connectivity index (χ1n) is 15.6. The average Bonchev–Trinajstić information content (AvgIpc) is 3.48. The number of benzene rings is 2. The second-order valence-corrected chi connectivity index (χ2v) is 17.0. The lowest BCUT2D eigenvalue weighted by Crippen LogP contribution is -2.41. The van der Waals surface area contributed by atoms with Gasteiger partial charge in [-0.25, -0.2) is 8.42 Å². The molecule has 1 aliphatic carbocycles. The van der Waals surface area contributed by atoms with Gasteiger partial charge < -0.3 is 5.32 Å². The number of hydrogen-bond acceptors (Lipinski definition) is 7. The fourth-order valence-electron chi connectivity index (χ4n) is 7.75. The molecule has 1 saturated heterocycles. The number of nitrogens with one attached hydrogen (secondary N) is 3. The normalized spacial score (nSPS) is 22.6. The van der Waals surface area contributed by atoms with Crippen molar-refractivity contribution < 1.29 is 22.8 Å². The first kappa shape index (κ1) is 32.4. The van der Waals surface area contributed by atoms with Crippen LogP contribution in [0.4, 0.5) is 5.00 Å². The van der Waals surface area contributed by atoms with Crippen LogP contribution in [0.15, 0.2) is 59.5 Å². The third kappa shape index (κ3) is 6.62. The highest BCUT2D eigenvalue weighted by atomic mass is 32.2. The van der Waals surface area contributed by atoms with Crippen LogP contribution in [-0.2, 0) is 34.3 Å². The molecular weight excluding hydrogens is 623 g/mol. The summed E-state index contributed by atoms with van der Waals surface area (Å²) in [6, 6.07) is 16.1. The Hall–Kier alpha value is -3.58. The number of fused-ring (bicyclic) bond motifs is 3. The molecule has 244 valence electrons.